The van der Waals surface area contributed by atoms with E-state index in [1.54, 1.807) is 0 Å². The Balaban J connectivity index is 1.57. The molecule has 3 heterocycles. The van der Waals surface area contributed by atoms with Crippen LogP contribution in [0.15, 0.2) is 35.3 Å². The van der Waals surface area contributed by atoms with Gasteiger partial charge >= 0.3 is 13.5 Å². The standard InChI is InChI=1S/C16H21N3O13P2/c20-6-9-2-1-3-10(17-9)7-29-33(25,26)32-34(27,28)30-8-11-13(22)14(23)15(31-11)19-5-4-12(21)18-16(19)24/h1-5,11,13-15,20,22-23H,6-8H2,(H,25,26)(H,27,28)(H,18,21,24)/p-2/t11-,13-,14-,15-/m1/s1. The maximum absolute atomic E-state index is 12.0. The fourth-order valence-electron chi connectivity index (χ4n) is 2.87. The Morgan fingerprint density at radius 1 is 1.12 bits per heavy atom. The molecule has 1 saturated heterocycles. The molecule has 0 aromatic carbocycles. The summed E-state index contributed by atoms with van der Waals surface area (Å²) in [5, 5.41) is 40.3. The molecule has 16 nitrogen and oxygen atoms in total. The topological polar surface area (TPSA) is 246 Å². The molecule has 2 aromatic heterocycles. The summed E-state index contributed by atoms with van der Waals surface area (Å²) in [4.78, 5) is 40.4. The van der Waals surface area contributed by atoms with Crippen LogP contribution in [0.2, 0.25) is 0 Å². The Kier molecular flexibility index (Phi) is 8.34. The van der Waals surface area contributed by atoms with Gasteiger partial charge in [0.05, 0.1) is 31.2 Å². The number of hydrogen-bond acceptors (Lipinski definition) is 14. The molecule has 0 radical (unpaired) electrons. The van der Waals surface area contributed by atoms with E-state index in [1.807, 2.05) is 0 Å². The van der Waals surface area contributed by atoms with E-state index in [0.717, 1.165) is 12.3 Å². The molecule has 0 bridgehead atoms. The third kappa shape index (κ3) is 6.75. The molecule has 34 heavy (non-hydrogen) atoms. The lowest BCUT2D eigenvalue weighted by Gasteiger charge is -2.25. The van der Waals surface area contributed by atoms with Crippen molar-refractivity contribution in [3.63, 3.8) is 0 Å². The van der Waals surface area contributed by atoms with Gasteiger partial charge in [-0.2, -0.15) is 0 Å². The molecular formula is C16H19N3O13P2-2. The van der Waals surface area contributed by atoms with Crippen molar-refractivity contribution in [2.45, 2.75) is 37.8 Å². The van der Waals surface area contributed by atoms with E-state index in [1.165, 1.54) is 18.2 Å². The van der Waals surface area contributed by atoms with Crippen molar-refractivity contribution < 1.29 is 57.4 Å². The van der Waals surface area contributed by atoms with Crippen LogP contribution in [0.3, 0.4) is 0 Å². The zero-order chi connectivity index (χ0) is 25.1. The lowest BCUT2D eigenvalue weighted by atomic mass is 10.1. The van der Waals surface area contributed by atoms with Gasteiger partial charge in [0.1, 0.15) is 18.3 Å². The quantitative estimate of drug-likeness (QED) is 0.238. The van der Waals surface area contributed by atoms with E-state index < -0.39 is 71.6 Å². The predicted molar refractivity (Wildman–Crippen MR) is 103 cm³/mol. The number of phosphoric ester groups is 2. The molecule has 18 heteroatoms. The molecule has 1 aliphatic rings. The second-order valence-electron chi connectivity index (χ2n) is 6.85. The molecule has 3 rings (SSSR count). The van der Waals surface area contributed by atoms with Crippen LogP contribution in [0.4, 0.5) is 0 Å². The monoisotopic (exact) mass is 523 g/mol. The fraction of sp³-hybridized carbons (Fsp3) is 0.438. The molecule has 2 aromatic rings. The summed E-state index contributed by atoms with van der Waals surface area (Å²) in [6.07, 6.45) is -5.50. The molecule has 6 atom stereocenters. The molecule has 0 amide bonds. The van der Waals surface area contributed by atoms with E-state index >= 15 is 0 Å². The summed E-state index contributed by atoms with van der Waals surface area (Å²) in [6, 6.07) is 5.23. The van der Waals surface area contributed by atoms with Crippen LogP contribution in [0.25, 0.3) is 0 Å². The summed E-state index contributed by atoms with van der Waals surface area (Å²) in [5.74, 6) is -0.839. The third-order valence-corrected chi connectivity index (χ3v) is 6.96. The van der Waals surface area contributed by atoms with Crippen molar-refractivity contribution in [2.24, 2.45) is 0 Å². The fourth-order valence-corrected chi connectivity index (χ4v) is 4.89. The van der Waals surface area contributed by atoms with Crippen molar-refractivity contribution in [1.82, 2.24) is 14.5 Å². The van der Waals surface area contributed by atoms with Gasteiger partial charge in [-0.25, -0.2) is 18.7 Å². The normalized spacial score (nSPS) is 26.1. The van der Waals surface area contributed by atoms with Crippen molar-refractivity contribution in [1.29, 1.82) is 0 Å². The number of pyridine rings is 1. The summed E-state index contributed by atoms with van der Waals surface area (Å²) in [5.41, 5.74) is -0.765. The molecule has 1 fully saturated rings. The highest BCUT2D eigenvalue weighted by molar-refractivity contribution is 7.60. The second-order valence-corrected chi connectivity index (χ2v) is 9.85. The average Bonchev–Trinajstić information content (AvgIpc) is 3.04. The summed E-state index contributed by atoms with van der Waals surface area (Å²) < 4.78 is 43.0. The Hall–Kier alpha value is -2.07. The molecule has 188 valence electrons. The predicted octanol–water partition coefficient (Wildman–Crippen LogP) is -2.36. The zero-order valence-electron chi connectivity index (χ0n) is 17.0. The molecule has 0 spiro atoms. The van der Waals surface area contributed by atoms with Gasteiger partial charge in [0.15, 0.2) is 6.23 Å². The number of rotatable bonds is 10. The second kappa shape index (κ2) is 10.7. The third-order valence-electron chi connectivity index (χ3n) is 4.42. The number of aliphatic hydroxyl groups is 3. The van der Waals surface area contributed by atoms with Gasteiger partial charge in [0, 0.05) is 6.20 Å². The minimum absolute atomic E-state index is 0.0807. The van der Waals surface area contributed by atoms with Crippen molar-refractivity contribution in [3.8, 4) is 5.88 Å². The minimum Gasteiger partial charge on any atom is -0.858 e. The minimum atomic E-state index is -5.39. The smallest absolute Gasteiger partial charge is 0.478 e. The Morgan fingerprint density at radius 2 is 1.82 bits per heavy atom. The summed E-state index contributed by atoms with van der Waals surface area (Å²) >= 11 is 0. The molecule has 4 N–H and O–H groups in total. The van der Waals surface area contributed by atoms with Crippen LogP contribution in [0.1, 0.15) is 17.6 Å². The first kappa shape index (κ1) is 26.5. The van der Waals surface area contributed by atoms with Gasteiger partial charge < -0.3 is 39.5 Å². The summed E-state index contributed by atoms with van der Waals surface area (Å²) in [7, 11) is -10.7. The zero-order valence-corrected chi connectivity index (χ0v) is 18.8. The van der Waals surface area contributed by atoms with E-state index in [2.05, 4.69) is 23.3 Å². The van der Waals surface area contributed by atoms with Crippen molar-refractivity contribution in [3.05, 3.63) is 52.3 Å². The highest BCUT2D eigenvalue weighted by Crippen LogP contribution is 2.58. The number of phosphoric acid groups is 2. The van der Waals surface area contributed by atoms with Gasteiger partial charge in [-0.1, -0.05) is 6.07 Å². The van der Waals surface area contributed by atoms with Gasteiger partial charge in [-0.05, 0) is 24.1 Å². The van der Waals surface area contributed by atoms with Crippen LogP contribution in [-0.2, 0) is 40.4 Å². The molecule has 0 aliphatic carbocycles. The van der Waals surface area contributed by atoms with Gasteiger partial charge in [0.25, 0.3) is 7.82 Å². The molecule has 2 unspecified atom stereocenters. The molecular weight excluding hydrogens is 504 g/mol. The number of hydrogen-bond donors (Lipinski definition) is 4. The number of ether oxygens (including phenoxy) is 1. The van der Waals surface area contributed by atoms with E-state index in [4.69, 9.17) is 9.84 Å². The Morgan fingerprint density at radius 3 is 2.50 bits per heavy atom. The van der Waals surface area contributed by atoms with Crippen molar-refractivity contribution in [2.75, 3.05) is 6.61 Å². The highest BCUT2D eigenvalue weighted by atomic mass is 31.3. The van der Waals surface area contributed by atoms with Crippen LogP contribution in [0.5, 0.6) is 5.88 Å². The van der Waals surface area contributed by atoms with Gasteiger partial charge in [-0.3, -0.25) is 18.6 Å². The molecule has 0 saturated carbocycles. The number of aromatic nitrogens is 3. The SMILES string of the molecule is O=c1nc([O-])ccn1[C@@H]1O[C@H](COP(=O)(O)OP(=O)([O-])OCc2cccc(CO)n2)[C@@H](O)[C@H]1O. The van der Waals surface area contributed by atoms with Gasteiger partial charge in [0.2, 0.25) is 0 Å². The van der Waals surface area contributed by atoms with E-state index in [9.17, 15) is 39.0 Å². The number of aliphatic hydroxyl groups excluding tert-OH is 3. The first-order valence-electron chi connectivity index (χ1n) is 9.38. The van der Waals surface area contributed by atoms with E-state index in [-0.39, 0.29) is 11.4 Å². The van der Waals surface area contributed by atoms with Crippen molar-refractivity contribution >= 4 is 15.6 Å². The van der Waals surface area contributed by atoms with Crippen LogP contribution in [0, 0.1) is 0 Å². The van der Waals surface area contributed by atoms with E-state index in [0.29, 0.717) is 4.57 Å². The maximum Gasteiger partial charge on any atom is 0.478 e. The first-order chi connectivity index (χ1) is 15.9. The number of nitrogens with zero attached hydrogens (tertiary/aromatic N) is 3. The largest absolute Gasteiger partial charge is 0.858 e. The lowest BCUT2D eigenvalue weighted by Crippen LogP contribution is -2.36. The van der Waals surface area contributed by atoms with Crippen LogP contribution >= 0.6 is 15.6 Å². The first-order valence-corrected chi connectivity index (χ1v) is 12.3. The Labute approximate surface area is 190 Å². The maximum atomic E-state index is 12.0. The van der Waals surface area contributed by atoms with Gasteiger partial charge in [-0.15, -0.1) is 0 Å². The Bertz CT molecular complexity index is 1160. The average molecular weight is 523 g/mol. The lowest BCUT2D eigenvalue weighted by molar-refractivity contribution is -0.275. The summed E-state index contributed by atoms with van der Waals surface area (Å²) in [6.45, 7) is -2.01. The van der Waals surface area contributed by atoms with Crippen LogP contribution in [-0.4, -0.2) is 59.7 Å². The highest BCUT2D eigenvalue weighted by Gasteiger charge is 2.45. The van der Waals surface area contributed by atoms with Crippen LogP contribution < -0.4 is 15.7 Å². The molecule has 1 aliphatic heterocycles.